The van der Waals surface area contributed by atoms with E-state index in [1.807, 2.05) is 0 Å². The monoisotopic (exact) mass is 651 g/mol. The Labute approximate surface area is 298 Å². The quantitative estimate of drug-likeness (QED) is 0.167. The molecule has 0 saturated heterocycles. The third kappa shape index (κ3) is 4.69. The number of para-hydroxylation sites is 2. The summed E-state index contributed by atoms with van der Waals surface area (Å²) in [6.45, 7) is 6.82. The molecule has 1 nitrogen and oxygen atoms in total. The molecule has 242 valence electrons. The van der Waals surface area contributed by atoms with Crippen LogP contribution in [0.4, 0.5) is 0 Å². The highest BCUT2D eigenvalue weighted by atomic mass is 15.0. The zero-order chi connectivity index (χ0) is 34.3. The molecule has 0 saturated carbocycles. The van der Waals surface area contributed by atoms with E-state index < -0.39 is 0 Å². The highest BCUT2D eigenvalue weighted by molar-refractivity contribution is 6.27. The van der Waals surface area contributed by atoms with Crippen molar-refractivity contribution in [2.24, 2.45) is 0 Å². The maximum absolute atomic E-state index is 2.39. The fourth-order valence-corrected chi connectivity index (χ4v) is 8.32. The maximum atomic E-state index is 2.39. The average Bonchev–Trinajstić information content (AvgIpc) is 3.51. The number of hydrogen-bond donors (Lipinski definition) is 0. The summed E-state index contributed by atoms with van der Waals surface area (Å²) >= 11 is 0. The van der Waals surface area contributed by atoms with Crippen LogP contribution in [0.15, 0.2) is 170 Å². The topological polar surface area (TPSA) is 4.93 Å². The van der Waals surface area contributed by atoms with Crippen LogP contribution in [0.2, 0.25) is 0 Å². The molecule has 0 aliphatic carbocycles. The Kier molecular flexibility index (Phi) is 6.51. The maximum Gasteiger partial charge on any atom is 0.0541 e. The summed E-state index contributed by atoms with van der Waals surface area (Å²) < 4.78 is 2.39. The number of nitrogens with zero attached hydrogens (tertiary/aromatic N) is 1. The second kappa shape index (κ2) is 11.2. The van der Waals surface area contributed by atoms with Gasteiger partial charge in [0.1, 0.15) is 0 Å². The number of benzene rings is 9. The highest BCUT2D eigenvalue weighted by Gasteiger charge is 2.17. The Bertz CT molecular complexity index is 2860. The number of aromatic nitrogens is 1. The predicted molar refractivity (Wildman–Crippen MR) is 219 cm³/mol. The number of fused-ring (bicyclic) bond motifs is 3. The zero-order valence-electron chi connectivity index (χ0n) is 29.1. The predicted octanol–water partition coefficient (Wildman–Crippen LogP) is 14.0. The summed E-state index contributed by atoms with van der Waals surface area (Å²) in [7, 11) is 0. The van der Waals surface area contributed by atoms with E-state index in [1.165, 1.54) is 98.8 Å². The van der Waals surface area contributed by atoms with E-state index >= 15 is 0 Å². The molecule has 0 bridgehead atoms. The molecule has 0 unspecified atom stereocenters. The fraction of sp³-hybridized carbons (Fsp3) is 0.0800. The van der Waals surface area contributed by atoms with Crippen molar-refractivity contribution in [3.05, 3.63) is 175 Å². The molecular weight excluding hydrogens is 615 g/mol. The van der Waals surface area contributed by atoms with Gasteiger partial charge in [-0.3, -0.25) is 0 Å². The summed E-state index contributed by atoms with van der Waals surface area (Å²) in [5.74, 6) is 0. The molecule has 0 N–H and O–H groups in total. The Morgan fingerprint density at radius 3 is 1.41 bits per heavy atom. The van der Waals surface area contributed by atoms with E-state index in [2.05, 4.69) is 195 Å². The molecule has 1 aromatic heterocycles. The molecule has 1 heteroatoms. The van der Waals surface area contributed by atoms with Crippen LogP contribution in [0.25, 0.3) is 93.2 Å². The Hall–Kier alpha value is -6.18. The lowest BCUT2D eigenvalue weighted by Gasteiger charge is -2.20. The van der Waals surface area contributed by atoms with Gasteiger partial charge in [-0.05, 0) is 101 Å². The zero-order valence-corrected chi connectivity index (χ0v) is 29.1. The van der Waals surface area contributed by atoms with E-state index in [1.54, 1.807) is 0 Å². The molecule has 9 aromatic carbocycles. The van der Waals surface area contributed by atoms with Crippen molar-refractivity contribution in [1.82, 2.24) is 4.57 Å². The molecule has 0 spiro atoms. The van der Waals surface area contributed by atoms with Crippen LogP contribution in [0.1, 0.15) is 26.3 Å². The van der Waals surface area contributed by atoms with E-state index in [4.69, 9.17) is 0 Å². The molecule has 10 aromatic rings. The van der Waals surface area contributed by atoms with Gasteiger partial charge < -0.3 is 4.57 Å². The van der Waals surface area contributed by atoms with Crippen LogP contribution < -0.4 is 0 Å². The van der Waals surface area contributed by atoms with Crippen LogP contribution >= 0.6 is 0 Å². The van der Waals surface area contributed by atoms with E-state index in [-0.39, 0.29) is 5.41 Å². The number of hydrogen-bond acceptors (Lipinski definition) is 0. The van der Waals surface area contributed by atoms with E-state index in [9.17, 15) is 0 Å². The van der Waals surface area contributed by atoms with Gasteiger partial charge in [0.05, 0.1) is 11.0 Å². The van der Waals surface area contributed by atoms with E-state index in [0.29, 0.717) is 0 Å². The van der Waals surface area contributed by atoms with E-state index in [0.717, 1.165) is 0 Å². The van der Waals surface area contributed by atoms with Crippen LogP contribution in [-0.4, -0.2) is 4.57 Å². The van der Waals surface area contributed by atoms with Crippen molar-refractivity contribution < 1.29 is 0 Å². The molecule has 0 aliphatic rings. The van der Waals surface area contributed by atoms with Gasteiger partial charge >= 0.3 is 0 Å². The van der Waals surface area contributed by atoms with Gasteiger partial charge in [-0.15, -0.1) is 0 Å². The minimum atomic E-state index is 0.132. The smallest absolute Gasteiger partial charge is 0.0541 e. The normalized spacial score (nSPS) is 12.2. The van der Waals surface area contributed by atoms with Crippen molar-refractivity contribution in [3.8, 4) is 39.1 Å². The van der Waals surface area contributed by atoms with Crippen molar-refractivity contribution in [1.29, 1.82) is 0 Å². The van der Waals surface area contributed by atoms with Gasteiger partial charge in [-0.25, -0.2) is 0 Å². The van der Waals surface area contributed by atoms with Crippen LogP contribution in [-0.2, 0) is 5.41 Å². The lowest BCUT2D eigenvalue weighted by atomic mass is 9.85. The number of rotatable bonds is 4. The minimum absolute atomic E-state index is 0.132. The molecule has 10 rings (SSSR count). The molecule has 0 aliphatic heterocycles. The molecule has 0 fully saturated rings. The van der Waals surface area contributed by atoms with Gasteiger partial charge in [0.2, 0.25) is 0 Å². The first-order valence-corrected chi connectivity index (χ1v) is 17.9. The van der Waals surface area contributed by atoms with Crippen LogP contribution in [0.3, 0.4) is 0 Å². The van der Waals surface area contributed by atoms with Crippen LogP contribution in [0.5, 0.6) is 0 Å². The van der Waals surface area contributed by atoms with Crippen LogP contribution in [0, 0.1) is 0 Å². The van der Waals surface area contributed by atoms with Gasteiger partial charge in [-0.1, -0.05) is 166 Å². The first-order valence-electron chi connectivity index (χ1n) is 17.9. The van der Waals surface area contributed by atoms with Gasteiger partial charge in [0.25, 0.3) is 0 Å². The van der Waals surface area contributed by atoms with Gasteiger partial charge in [0, 0.05) is 16.5 Å². The standard InChI is InChI=1S/C50H37N/c1-50(2,3)38-25-19-34(20-26-38)41-28-22-36-23-29-44-40(27-21-35-24-30-45(41)49(36)48(35)44)33-17-15-32(16-18-33)37-9-8-10-39(31-37)51-46-13-6-4-11-42(46)43-12-5-7-14-47(43)51/h4-31H,1-3H3. The molecule has 0 atom stereocenters. The molecule has 0 radical (unpaired) electrons. The van der Waals surface area contributed by atoms with Gasteiger partial charge in [-0.2, -0.15) is 0 Å². The third-order valence-corrected chi connectivity index (χ3v) is 10.9. The molecule has 0 amide bonds. The fourth-order valence-electron chi connectivity index (χ4n) is 8.32. The van der Waals surface area contributed by atoms with Crippen molar-refractivity contribution in [2.45, 2.75) is 26.2 Å². The lowest BCUT2D eigenvalue weighted by Crippen LogP contribution is -2.10. The van der Waals surface area contributed by atoms with Crippen molar-refractivity contribution in [2.75, 3.05) is 0 Å². The SMILES string of the molecule is CC(C)(C)c1ccc(-c2ccc3ccc4c(-c5ccc(-c6cccc(-n7c8ccccc8c8ccccc87)c6)cc5)ccc5ccc2c3c54)cc1. The highest BCUT2D eigenvalue weighted by Crippen LogP contribution is 2.43. The van der Waals surface area contributed by atoms with Crippen molar-refractivity contribution in [3.63, 3.8) is 0 Å². The molecular formula is C50H37N. The summed E-state index contributed by atoms with van der Waals surface area (Å²) in [5, 5.41) is 10.4. The first-order chi connectivity index (χ1) is 24.9. The molecule has 1 heterocycles. The summed E-state index contributed by atoms with van der Waals surface area (Å²) in [6.07, 6.45) is 0. The lowest BCUT2D eigenvalue weighted by molar-refractivity contribution is 0.590. The Morgan fingerprint density at radius 1 is 0.373 bits per heavy atom. The summed E-state index contributed by atoms with van der Waals surface area (Å²) in [5.41, 5.74) is 12.6. The largest absolute Gasteiger partial charge is 0.309 e. The molecule has 51 heavy (non-hydrogen) atoms. The second-order valence-corrected chi connectivity index (χ2v) is 15.0. The Balaban J connectivity index is 1.05. The summed E-state index contributed by atoms with van der Waals surface area (Å²) in [6, 6.07) is 63.0. The third-order valence-electron chi connectivity index (χ3n) is 10.9. The second-order valence-electron chi connectivity index (χ2n) is 15.0. The van der Waals surface area contributed by atoms with Gasteiger partial charge in [0.15, 0.2) is 0 Å². The Morgan fingerprint density at radius 2 is 0.863 bits per heavy atom. The summed E-state index contributed by atoms with van der Waals surface area (Å²) in [4.78, 5) is 0. The average molecular weight is 652 g/mol. The van der Waals surface area contributed by atoms with Crippen molar-refractivity contribution >= 4 is 54.1 Å². The minimum Gasteiger partial charge on any atom is -0.309 e. The first kappa shape index (κ1) is 29.7.